The van der Waals surface area contributed by atoms with Crippen molar-refractivity contribution in [3.05, 3.63) is 30.5 Å². The van der Waals surface area contributed by atoms with Gasteiger partial charge >= 0.3 is 0 Å². The van der Waals surface area contributed by atoms with Crippen molar-refractivity contribution < 1.29 is 13.2 Å². The molecule has 1 unspecified atom stereocenters. The zero-order valence-corrected chi connectivity index (χ0v) is 17.0. The lowest BCUT2D eigenvalue weighted by atomic mass is 9.77. The van der Waals surface area contributed by atoms with E-state index in [-0.39, 0.29) is 5.03 Å². The molecule has 4 heterocycles. The maximum absolute atomic E-state index is 13.3. The lowest BCUT2D eigenvalue weighted by Gasteiger charge is -2.40. The molecule has 2 aromatic rings. The highest BCUT2D eigenvalue weighted by Crippen LogP contribution is 2.48. The monoisotopic (exact) mass is 404 g/mol. The number of hydrogen-bond acceptors (Lipinski definition) is 5. The largest absolute Gasteiger partial charge is 0.379 e. The topological polar surface area (TPSA) is 67.2 Å². The molecule has 0 amide bonds. The van der Waals surface area contributed by atoms with Crippen LogP contribution in [0.15, 0.2) is 35.5 Å². The van der Waals surface area contributed by atoms with Crippen LogP contribution in [0.4, 0.5) is 0 Å². The van der Waals surface area contributed by atoms with E-state index in [1.807, 2.05) is 12.1 Å². The number of ether oxygens (including phenoxy) is 1. The van der Waals surface area contributed by atoms with Crippen LogP contribution in [0.5, 0.6) is 0 Å². The van der Waals surface area contributed by atoms with Crippen LogP contribution >= 0.6 is 0 Å². The number of aromatic nitrogens is 2. The summed E-state index contributed by atoms with van der Waals surface area (Å²) in [5.41, 5.74) is 1.12. The molecule has 3 fully saturated rings. The predicted molar refractivity (Wildman–Crippen MR) is 106 cm³/mol. The van der Waals surface area contributed by atoms with Crippen molar-refractivity contribution in [2.45, 2.75) is 43.2 Å². The number of fused-ring (bicyclic) bond motifs is 1. The van der Waals surface area contributed by atoms with Crippen LogP contribution in [0, 0.1) is 5.41 Å². The molecule has 2 saturated heterocycles. The Bertz CT molecular complexity index is 943. The number of sulfonamides is 1. The van der Waals surface area contributed by atoms with E-state index in [2.05, 4.69) is 10.00 Å². The van der Waals surface area contributed by atoms with E-state index in [9.17, 15) is 8.42 Å². The van der Waals surface area contributed by atoms with Gasteiger partial charge in [-0.3, -0.25) is 4.90 Å². The van der Waals surface area contributed by atoms with Gasteiger partial charge in [-0.15, -0.1) is 0 Å². The van der Waals surface area contributed by atoms with Crippen molar-refractivity contribution in [2.75, 3.05) is 39.4 Å². The highest BCUT2D eigenvalue weighted by molar-refractivity contribution is 7.89. The second-order valence-electron chi connectivity index (χ2n) is 8.48. The molecule has 1 aliphatic carbocycles. The molecule has 1 spiro atoms. The summed E-state index contributed by atoms with van der Waals surface area (Å²) >= 11 is 0. The summed E-state index contributed by atoms with van der Waals surface area (Å²) in [6, 6.07) is 7.80. The molecule has 1 saturated carbocycles. The second kappa shape index (κ2) is 7.09. The molecule has 1 atom stereocenters. The van der Waals surface area contributed by atoms with Gasteiger partial charge in [0.25, 0.3) is 10.0 Å². The fourth-order valence-electron chi connectivity index (χ4n) is 5.34. The Morgan fingerprint density at radius 1 is 1.04 bits per heavy atom. The smallest absolute Gasteiger partial charge is 0.260 e. The lowest BCUT2D eigenvalue weighted by Crippen LogP contribution is -2.45. The van der Waals surface area contributed by atoms with Crippen molar-refractivity contribution in [3.8, 4) is 0 Å². The summed E-state index contributed by atoms with van der Waals surface area (Å²) < 4.78 is 35.2. The molecular weight excluding hydrogens is 376 g/mol. The zero-order valence-electron chi connectivity index (χ0n) is 16.2. The van der Waals surface area contributed by atoms with Crippen molar-refractivity contribution in [1.29, 1.82) is 0 Å². The minimum absolute atomic E-state index is 0.267. The first-order chi connectivity index (χ1) is 13.6. The number of hydrogen-bond donors (Lipinski definition) is 0. The Labute approximate surface area is 166 Å². The number of morpholine rings is 1. The minimum Gasteiger partial charge on any atom is -0.379 e. The summed E-state index contributed by atoms with van der Waals surface area (Å²) in [5.74, 6) is 0. The van der Waals surface area contributed by atoms with E-state index >= 15 is 0 Å². The molecule has 2 aliphatic heterocycles. The van der Waals surface area contributed by atoms with Crippen LogP contribution in [0.2, 0.25) is 0 Å². The van der Waals surface area contributed by atoms with Crippen molar-refractivity contribution in [1.82, 2.24) is 18.8 Å². The number of pyridine rings is 1. The average molecular weight is 405 g/mol. The van der Waals surface area contributed by atoms with Crippen molar-refractivity contribution in [3.63, 3.8) is 0 Å². The molecule has 0 N–H and O–H groups in total. The summed E-state index contributed by atoms with van der Waals surface area (Å²) in [7, 11) is -3.53. The maximum Gasteiger partial charge on any atom is 0.260 e. The highest BCUT2D eigenvalue weighted by atomic mass is 32.2. The van der Waals surface area contributed by atoms with Gasteiger partial charge in [0.1, 0.15) is 0 Å². The van der Waals surface area contributed by atoms with Crippen LogP contribution in [-0.2, 0) is 14.8 Å². The van der Waals surface area contributed by atoms with Gasteiger partial charge < -0.3 is 4.74 Å². The van der Waals surface area contributed by atoms with Crippen LogP contribution in [0.1, 0.15) is 32.1 Å². The standard InChI is InChI=1S/C20H28N4O3S/c25-28(26,19-3-1-2-17-5-9-21-24(17)19)23-10-7-20(8-11-23)6-4-18(16-20)22-12-14-27-15-13-22/h1-3,5,9,18H,4,6-8,10-16H2. The van der Waals surface area contributed by atoms with Gasteiger partial charge in [-0.2, -0.15) is 9.40 Å². The van der Waals surface area contributed by atoms with E-state index < -0.39 is 10.0 Å². The third kappa shape index (κ3) is 3.16. The van der Waals surface area contributed by atoms with Crippen LogP contribution in [0.25, 0.3) is 5.52 Å². The molecule has 0 radical (unpaired) electrons. The van der Waals surface area contributed by atoms with Gasteiger partial charge in [-0.1, -0.05) is 6.07 Å². The summed E-state index contributed by atoms with van der Waals surface area (Å²) in [6.45, 7) is 4.97. The van der Waals surface area contributed by atoms with Crippen LogP contribution < -0.4 is 0 Å². The molecule has 8 heteroatoms. The molecule has 0 bridgehead atoms. The first kappa shape index (κ1) is 18.5. The fraction of sp³-hybridized carbons (Fsp3) is 0.650. The Kier molecular flexibility index (Phi) is 4.70. The minimum atomic E-state index is -3.53. The molecule has 152 valence electrons. The zero-order chi connectivity index (χ0) is 19.2. The van der Waals surface area contributed by atoms with Crippen LogP contribution in [0.3, 0.4) is 0 Å². The normalized spacial score (nSPS) is 26.9. The molecule has 7 nitrogen and oxygen atoms in total. The van der Waals surface area contributed by atoms with Crippen molar-refractivity contribution in [2.24, 2.45) is 5.41 Å². The first-order valence-corrected chi connectivity index (χ1v) is 11.8. The molecule has 3 aliphatic rings. The van der Waals surface area contributed by atoms with E-state index in [4.69, 9.17) is 4.74 Å². The van der Waals surface area contributed by atoms with Crippen molar-refractivity contribution >= 4 is 15.5 Å². The van der Waals surface area contributed by atoms with E-state index in [1.54, 1.807) is 22.6 Å². The Hall–Kier alpha value is -1.48. The SMILES string of the molecule is O=S(=O)(c1cccc2ccnn12)N1CCC2(CCC(N3CCOCC3)C2)CC1. The van der Waals surface area contributed by atoms with Gasteiger partial charge in [0, 0.05) is 32.2 Å². The third-order valence-corrected chi connectivity index (χ3v) is 8.90. The summed E-state index contributed by atoms with van der Waals surface area (Å²) in [6.07, 6.45) is 7.22. The molecule has 2 aromatic heterocycles. The molecular formula is C20H28N4O3S. The number of piperidine rings is 1. The number of rotatable bonds is 3. The van der Waals surface area contributed by atoms with E-state index in [0.717, 1.165) is 44.7 Å². The molecule has 0 aromatic carbocycles. The number of nitrogens with zero attached hydrogens (tertiary/aromatic N) is 4. The lowest BCUT2D eigenvalue weighted by molar-refractivity contribution is 0.0137. The Balaban J connectivity index is 1.29. The average Bonchev–Trinajstić information content (AvgIpc) is 3.36. The van der Waals surface area contributed by atoms with E-state index in [1.165, 1.54) is 23.8 Å². The molecule has 28 heavy (non-hydrogen) atoms. The van der Waals surface area contributed by atoms with Gasteiger partial charge in [0.15, 0.2) is 5.03 Å². The first-order valence-electron chi connectivity index (χ1n) is 10.3. The second-order valence-corrected chi connectivity index (χ2v) is 10.4. The van der Waals surface area contributed by atoms with Gasteiger partial charge in [-0.25, -0.2) is 12.9 Å². The predicted octanol–water partition coefficient (Wildman–Crippen LogP) is 1.99. The van der Waals surface area contributed by atoms with Gasteiger partial charge in [0.05, 0.1) is 24.9 Å². The third-order valence-electron chi connectivity index (χ3n) is 7.01. The van der Waals surface area contributed by atoms with E-state index in [0.29, 0.717) is 24.5 Å². The Morgan fingerprint density at radius 2 is 1.82 bits per heavy atom. The summed E-state index contributed by atoms with van der Waals surface area (Å²) in [5, 5.41) is 4.47. The molecule has 5 rings (SSSR count). The maximum atomic E-state index is 13.3. The highest BCUT2D eigenvalue weighted by Gasteiger charge is 2.45. The fourth-order valence-corrected chi connectivity index (χ4v) is 6.89. The van der Waals surface area contributed by atoms with Gasteiger partial charge in [0.2, 0.25) is 0 Å². The van der Waals surface area contributed by atoms with Gasteiger partial charge in [-0.05, 0) is 55.7 Å². The van der Waals surface area contributed by atoms with Crippen LogP contribution in [-0.4, -0.2) is 72.7 Å². The summed E-state index contributed by atoms with van der Waals surface area (Å²) in [4.78, 5) is 2.58. The Morgan fingerprint density at radius 3 is 2.61 bits per heavy atom. The quantitative estimate of drug-likeness (QED) is 0.783.